The number of benzene rings is 2. The minimum absolute atomic E-state index is 0.0925. The number of nitrogens with zero attached hydrogens (tertiary/aromatic N) is 6. The molecule has 2 aromatic heterocycles. The average Bonchev–Trinajstić information content (AvgIpc) is 3.34. The SMILES string of the molecule is Cc1ccc2cc([C@H](c3nnnn3C(C)(C)C)N3CCN(c4ccccc4)CC3)c(=O)[nH]c2c1C. The molecule has 35 heavy (non-hydrogen) atoms. The maximum atomic E-state index is 13.6. The van der Waals surface area contributed by atoms with Crippen LogP contribution in [0.5, 0.6) is 0 Å². The van der Waals surface area contributed by atoms with Gasteiger partial charge in [0.05, 0.1) is 11.1 Å². The Balaban J connectivity index is 1.58. The smallest absolute Gasteiger partial charge is 0.253 e. The maximum Gasteiger partial charge on any atom is 0.253 e. The summed E-state index contributed by atoms with van der Waals surface area (Å²) < 4.78 is 1.85. The van der Waals surface area contributed by atoms with Gasteiger partial charge in [0.2, 0.25) is 0 Å². The van der Waals surface area contributed by atoms with Gasteiger partial charge in [0, 0.05) is 37.4 Å². The molecule has 1 fully saturated rings. The number of pyridine rings is 1. The maximum absolute atomic E-state index is 13.6. The first-order valence-corrected chi connectivity index (χ1v) is 12.2. The zero-order valence-corrected chi connectivity index (χ0v) is 21.1. The number of aromatic nitrogens is 5. The van der Waals surface area contributed by atoms with E-state index in [1.165, 1.54) is 5.69 Å². The molecule has 8 nitrogen and oxygen atoms in total. The van der Waals surface area contributed by atoms with E-state index in [1.54, 1.807) is 0 Å². The number of para-hydroxylation sites is 1. The fourth-order valence-corrected chi connectivity index (χ4v) is 4.96. The molecule has 4 aromatic rings. The molecule has 1 saturated heterocycles. The molecule has 1 aliphatic heterocycles. The Labute approximate surface area is 205 Å². The molecule has 1 N–H and O–H groups in total. The zero-order valence-electron chi connectivity index (χ0n) is 21.1. The van der Waals surface area contributed by atoms with Crippen LogP contribution in [0.4, 0.5) is 5.69 Å². The Morgan fingerprint density at radius 1 is 0.971 bits per heavy atom. The molecule has 0 saturated carbocycles. The summed E-state index contributed by atoms with van der Waals surface area (Å²) >= 11 is 0. The van der Waals surface area contributed by atoms with Crippen molar-refractivity contribution in [3.8, 4) is 0 Å². The number of rotatable bonds is 4. The van der Waals surface area contributed by atoms with Crippen LogP contribution in [-0.4, -0.2) is 56.3 Å². The molecule has 0 spiro atoms. The molecule has 0 unspecified atom stereocenters. The van der Waals surface area contributed by atoms with Crippen molar-refractivity contribution in [3.63, 3.8) is 0 Å². The predicted octanol–water partition coefficient (Wildman–Crippen LogP) is 3.80. The van der Waals surface area contributed by atoms with Gasteiger partial charge in [0.1, 0.15) is 6.04 Å². The fourth-order valence-electron chi connectivity index (χ4n) is 4.96. The van der Waals surface area contributed by atoms with Crippen molar-refractivity contribution >= 4 is 16.6 Å². The van der Waals surface area contributed by atoms with Crippen molar-refractivity contribution in [2.24, 2.45) is 0 Å². The third kappa shape index (κ3) is 4.34. The minimum atomic E-state index is -0.350. The lowest BCUT2D eigenvalue weighted by atomic mass is 9.99. The van der Waals surface area contributed by atoms with Crippen LogP contribution in [0.25, 0.3) is 10.9 Å². The van der Waals surface area contributed by atoms with Crippen molar-refractivity contribution in [2.75, 3.05) is 31.1 Å². The molecule has 3 heterocycles. The van der Waals surface area contributed by atoms with Gasteiger partial charge in [-0.15, -0.1) is 5.10 Å². The summed E-state index contributed by atoms with van der Waals surface area (Å²) in [6, 6.07) is 16.3. The highest BCUT2D eigenvalue weighted by Gasteiger charge is 2.35. The van der Waals surface area contributed by atoms with E-state index in [9.17, 15) is 4.79 Å². The van der Waals surface area contributed by atoms with Gasteiger partial charge in [0.15, 0.2) is 5.82 Å². The van der Waals surface area contributed by atoms with Crippen LogP contribution in [0.15, 0.2) is 53.3 Å². The number of aryl methyl sites for hydroxylation is 2. The summed E-state index contributed by atoms with van der Waals surface area (Å²) in [5, 5.41) is 13.8. The monoisotopic (exact) mass is 471 g/mol. The lowest BCUT2D eigenvalue weighted by molar-refractivity contribution is 0.190. The number of H-pyrrole nitrogens is 1. The first-order valence-electron chi connectivity index (χ1n) is 12.2. The molecule has 1 atom stereocenters. The van der Waals surface area contributed by atoms with Gasteiger partial charge in [0.25, 0.3) is 5.56 Å². The van der Waals surface area contributed by atoms with Gasteiger partial charge < -0.3 is 9.88 Å². The second kappa shape index (κ2) is 8.92. The lowest BCUT2D eigenvalue weighted by Gasteiger charge is -2.40. The van der Waals surface area contributed by atoms with E-state index in [1.807, 2.05) is 23.7 Å². The second-order valence-corrected chi connectivity index (χ2v) is 10.4. The molecule has 182 valence electrons. The molecular weight excluding hydrogens is 438 g/mol. The van der Waals surface area contributed by atoms with E-state index in [2.05, 4.69) is 94.4 Å². The van der Waals surface area contributed by atoms with Gasteiger partial charge in [-0.2, -0.15) is 0 Å². The highest BCUT2D eigenvalue weighted by atomic mass is 16.1. The normalized spacial score (nSPS) is 16.1. The fraction of sp³-hybridized carbons (Fsp3) is 0.407. The van der Waals surface area contributed by atoms with Crippen LogP contribution in [0, 0.1) is 13.8 Å². The van der Waals surface area contributed by atoms with Crippen LogP contribution in [0.3, 0.4) is 0 Å². The van der Waals surface area contributed by atoms with Gasteiger partial charge >= 0.3 is 0 Å². The first kappa shape index (κ1) is 23.2. The number of hydrogen-bond donors (Lipinski definition) is 1. The second-order valence-electron chi connectivity index (χ2n) is 10.4. The molecule has 2 aromatic carbocycles. The van der Waals surface area contributed by atoms with Crippen molar-refractivity contribution in [2.45, 2.75) is 46.2 Å². The molecule has 8 heteroatoms. The summed E-state index contributed by atoms with van der Waals surface area (Å²) in [6.07, 6.45) is 0. The van der Waals surface area contributed by atoms with Crippen LogP contribution in [-0.2, 0) is 5.54 Å². The molecule has 1 aliphatic rings. The highest BCUT2D eigenvalue weighted by molar-refractivity contribution is 5.83. The molecule has 0 aliphatic carbocycles. The minimum Gasteiger partial charge on any atom is -0.369 e. The van der Waals surface area contributed by atoms with Gasteiger partial charge in [-0.3, -0.25) is 9.69 Å². The van der Waals surface area contributed by atoms with Crippen molar-refractivity contribution in [1.29, 1.82) is 0 Å². The van der Waals surface area contributed by atoms with E-state index in [0.29, 0.717) is 11.4 Å². The average molecular weight is 472 g/mol. The van der Waals surface area contributed by atoms with E-state index < -0.39 is 0 Å². The number of anilines is 1. The summed E-state index contributed by atoms with van der Waals surface area (Å²) in [7, 11) is 0. The number of hydrogen-bond acceptors (Lipinski definition) is 6. The third-order valence-corrected chi connectivity index (χ3v) is 7.05. The van der Waals surface area contributed by atoms with Crippen LogP contribution in [0.2, 0.25) is 0 Å². The van der Waals surface area contributed by atoms with Gasteiger partial charge in [-0.05, 0) is 79.8 Å². The first-order chi connectivity index (χ1) is 16.7. The Bertz CT molecular complexity index is 1390. The largest absolute Gasteiger partial charge is 0.369 e. The highest BCUT2D eigenvalue weighted by Crippen LogP contribution is 2.31. The quantitative estimate of drug-likeness (QED) is 0.488. The summed E-state index contributed by atoms with van der Waals surface area (Å²) in [4.78, 5) is 21.4. The van der Waals surface area contributed by atoms with E-state index in [4.69, 9.17) is 0 Å². The van der Waals surface area contributed by atoms with Crippen LogP contribution >= 0.6 is 0 Å². The molecule has 5 rings (SSSR count). The summed E-state index contributed by atoms with van der Waals surface area (Å²) in [5.41, 5.74) is 4.63. The van der Waals surface area contributed by atoms with Crippen LogP contribution in [0.1, 0.15) is 49.3 Å². The number of tetrazole rings is 1. The number of piperazine rings is 1. The van der Waals surface area contributed by atoms with E-state index >= 15 is 0 Å². The Hall–Kier alpha value is -3.52. The molecule has 0 bridgehead atoms. The number of nitrogens with one attached hydrogen (secondary N) is 1. The Kier molecular flexibility index (Phi) is 5.92. The molecule has 0 radical (unpaired) electrons. The zero-order chi connectivity index (χ0) is 24.7. The lowest BCUT2D eigenvalue weighted by Crippen LogP contribution is -2.49. The topological polar surface area (TPSA) is 82.9 Å². The van der Waals surface area contributed by atoms with Crippen molar-refractivity contribution in [1.82, 2.24) is 30.1 Å². The summed E-state index contributed by atoms with van der Waals surface area (Å²) in [6.45, 7) is 13.7. The number of aromatic amines is 1. The van der Waals surface area contributed by atoms with E-state index in [-0.39, 0.29) is 17.1 Å². The Morgan fingerprint density at radius 2 is 1.69 bits per heavy atom. The summed E-state index contributed by atoms with van der Waals surface area (Å²) in [5.74, 6) is 0.694. The third-order valence-electron chi connectivity index (χ3n) is 7.05. The van der Waals surface area contributed by atoms with Crippen molar-refractivity contribution < 1.29 is 0 Å². The van der Waals surface area contributed by atoms with E-state index in [0.717, 1.165) is 48.2 Å². The standard InChI is InChI=1S/C27H33N7O/c1-18-11-12-20-17-22(26(35)28-23(20)19(18)2)24(25-29-30-31-34(25)27(3,4)5)33-15-13-32(14-16-33)21-9-7-6-8-10-21/h6-12,17,24H,13-16H2,1-5H3,(H,28,35)/t24-/m1/s1. The molecular formula is C27H33N7O. The molecule has 0 amide bonds. The van der Waals surface area contributed by atoms with Crippen LogP contribution < -0.4 is 10.5 Å². The van der Waals surface area contributed by atoms with Crippen molar-refractivity contribution in [3.05, 3.63) is 81.4 Å². The predicted molar refractivity (Wildman–Crippen MR) is 139 cm³/mol. The Morgan fingerprint density at radius 3 is 2.37 bits per heavy atom. The van der Waals surface area contributed by atoms with Gasteiger partial charge in [-0.1, -0.05) is 30.3 Å². The van der Waals surface area contributed by atoms with Gasteiger partial charge in [-0.25, -0.2) is 4.68 Å². The number of fused-ring (bicyclic) bond motifs is 1.